The Kier molecular flexibility index (Phi) is 11.7. The monoisotopic (exact) mass is 790 g/mol. The van der Waals surface area contributed by atoms with E-state index in [1.54, 1.807) is 0 Å². The van der Waals surface area contributed by atoms with Gasteiger partial charge >= 0.3 is 0 Å². The van der Waals surface area contributed by atoms with E-state index in [9.17, 15) is 0 Å². The Morgan fingerprint density at radius 3 is 1.72 bits per heavy atom. The van der Waals surface area contributed by atoms with Crippen LogP contribution in [0.4, 0.5) is 17.1 Å². The lowest BCUT2D eigenvalue weighted by Crippen LogP contribution is -2.23. The summed E-state index contributed by atoms with van der Waals surface area (Å²) in [5.74, 6) is 0. The molecule has 0 saturated heterocycles. The highest BCUT2D eigenvalue weighted by atomic mass is 15.1. The number of para-hydroxylation sites is 2. The lowest BCUT2D eigenvalue weighted by molar-refractivity contribution is 0.713. The average molecular weight is 791 g/mol. The maximum absolute atomic E-state index is 3.72. The number of allylic oxidation sites excluding steroid dienone is 2. The fourth-order valence-corrected chi connectivity index (χ4v) is 9.05. The molecule has 10 rings (SSSR count). The van der Waals surface area contributed by atoms with E-state index in [1.165, 1.54) is 83.1 Å². The quantitative estimate of drug-likeness (QED) is 0.152. The highest BCUT2D eigenvalue weighted by Gasteiger charge is 2.42. The molecular weight excluding hydrogens is 737 g/mol. The van der Waals surface area contributed by atoms with Gasteiger partial charge in [-0.1, -0.05) is 188 Å². The maximum Gasteiger partial charge on any atom is 0.0543 e. The minimum Gasteiger partial charge on any atom is -0.347 e. The van der Waals surface area contributed by atoms with Gasteiger partial charge in [0.05, 0.1) is 5.69 Å². The van der Waals surface area contributed by atoms with Crippen molar-refractivity contribution in [3.05, 3.63) is 251 Å². The molecule has 0 fully saturated rings. The molecule has 1 unspecified atom stereocenters. The molecule has 1 aliphatic rings. The van der Waals surface area contributed by atoms with E-state index in [0.29, 0.717) is 0 Å². The molecule has 8 aromatic carbocycles. The summed E-state index contributed by atoms with van der Waals surface area (Å²) in [6, 6.07) is 67.5. The van der Waals surface area contributed by atoms with E-state index in [-0.39, 0.29) is 5.41 Å². The molecule has 0 aliphatic heterocycles. The van der Waals surface area contributed by atoms with Gasteiger partial charge < -0.3 is 9.47 Å². The van der Waals surface area contributed by atoms with Gasteiger partial charge in [0, 0.05) is 51.4 Å². The number of aromatic nitrogens is 1. The van der Waals surface area contributed by atoms with Gasteiger partial charge in [-0.05, 0) is 110 Å². The number of hydrogen-bond acceptors (Lipinski definition) is 1. The van der Waals surface area contributed by atoms with Gasteiger partial charge in [0.1, 0.15) is 0 Å². The number of nitrogens with zero attached hydrogens (tertiary/aromatic N) is 2. The van der Waals surface area contributed by atoms with Crippen LogP contribution in [0.5, 0.6) is 0 Å². The van der Waals surface area contributed by atoms with Crippen molar-refractivity contribution in [3.8, 4) is 11.1 Å². The molecule has 0 radical (unpaired) electrons. The first-order chi connectivity index (χ1) is 29.7. The van der Waals surface area contributed by atoms with Gasteiger partial charge in [-0.3, -0.25) is 0 Å². The Hall–Kier alpha value is -7.16. The molecule has 0 bridgehead atoms. The zero-order valence-corrected chi connectivity index (χ0v) is 36.2. The van der Waals surface area contributed by atoms with Crippen LogP contribution in [-0.2, 0) is 12.5 Å². The van der Waals surface area contributed by atoms with Crippen molar-refractivity contribution in [2.45, 2.75) is 40.0 Å². The average Bonchev–Trinajstić information content (AvgIpc) is 3.70. The normalized spacial score (nSPS) is 13.8. The molecular formula is C59H54N2. The molecule has 0 spiro atoms. The Bertz CT molecular complexity index is 2940. The number of aryl methyl sites for hydroxylation is 4. The summed E-state index contributed by atoms with van der Waals surface area (Å²) in [4.78, 5) is 2.41. The first-order valence-electron chi connectivity index (χ1n) is 21.2. The zero-order valence-electron chi connectivity index (χ0n) is 36.2. The highest BCUT2D eigenvalue weighted by molar-refractivity contribution is 6.10. The molecule has 1 aromatic heterocycles. The van der Waals surface area contributed by atoms with Crippen molar-refractivity contribution >= 4 is 44.8 Å². The number of fused-ring (bicyclic) bond motifs is 6. The van der Waals surface area contributed by atoms with Gasteiger partial charge in [0.25, 0.3) is 0 Å². The van der Waals surface area contributed by atoms with Gasteiger partial charge in [0.2, 0.25) is 0 Å². The van der Waals surface area contributed by atoms with Crippen LogP contribution in [0.1, 0.15) is 51.6 Å². The van der Waals surface area contributed by atoms with E-state index >= 15 is 0 Å². The van der Waals surface area contributed by atoms with Crippen molar-refractivity contribution in [2.75, 3.05) is 4.90 Å². The maximum atomic E-state index is 3.72. The highest BCUT2D eigenvalue weighted by Crippen LogP contribution is 2.57. The van der Waals surface area contributed by atoms with Crippen molar-refractivity contribution in [1.29, 1.82) is 0 Å². The minimum absolute atomic E-state index is 0.268. The summed E-state index contributed by atoms with van der Waals surface area (Å²) in [5, 5.41) is 3.89. The molecule has 9 aromatic rings. The number of rotatable bonds is 6. The second-order valence-electron chi connectivity index (χ2n) is 16.2. The second kappa shape index (κ2) is 17.6. The number of hydrogen-bond donors (Lipinski definition) is 0. The summed E-state index contributed by atoms with van der Waals surface area (Å²) in [6.45, 7) is 14.7. The third-order valence-electron chi connectivity index (χ3n) is 12.3. The molecule has 61 heavy (non-hydrogen) atoms. The smallest absolute Gasteiger partial charge is 0.0543 e. The SMILES string of the molecule is C=C/C=C\c1c(C)n(C)c2cccc(C)c12.Cc1ccc2c(c1)C(C)(c1ccccc1)c1cc(N(c3ccccc3)c3ccccc3)c3ccccc3c1-2.Cc1ccccc1. The second-order valence-corrected chi connectivity index (χ2v) is 16.2. The fourth-order valence-electron chi connectivity index (χ4n) is 9.05. The predicted octanol–water partition coefficient (Wildman–Crippen LogP) is 15.9. The largest absolute Gasteiger partial charge is 0.347 e. The van der Waals surface area contributed by atoms with Crippen molar-refractivity contribution < 1.29 is 0 Å². The Morgan fingerprint density at radius 1 is 0.557 bits per heavy atom. The van der Waals surface area contributed by atoms with Crippen LogP contribution < -0.4 is 4.90 Å². The summed E-state index contributed by atoms with van der Waals surface area (Å²) < 4.78 is 2.24. The van der Waals surface area contributed by atoms with E-state index in [4.69, 9.17) is 0 Å². The standard InChI is InChI=1S/C37H29N.C15H17N.C7H8/c1-26-22-23-32-33(24-26)37(2,27-14-6-3-7-15-27)34-25-35(30-20-12-13-21-31(30)36(32)34)38(28-16-8-4-9-17-28)29-18-10-5-11-19-29;1-5-6-9-13-12(3)16(4)14-10-7-8-11(2)15(13)14;1-7-5-3-2-4-6-7/h3-25H,1-2H3;5-10H,1H2,2-4H3;2-6H,1H3/b;9-6-;. The molecule has 0 N–H and O–H groups in total. The molecule has 2 heteroatoms. The first kappa shape index (κ1) is 40.6. The Morgan fingerprint density at radius 2 is 1.13 bits per heavy atom. The van der Waals surface area contributed by atoms with Crippen molar-refractivity contribution in [3.63, 3.8) is 0 Å². The molecule has 0 saturated carbocycles. The van der Waals surface area contributed by atoms with E-state index in [2.05, 4.69) is 234 Å². The van der Waals surface area contributed by atoms with E-state index in [1.807, 2.05) is 30.4 Å². The van der Waals surface area contributed by atoms with Crippen LogP contribution in [0.15, 0.2) is 207 Å². The fraction of sp³-hybridized carbons (Fsp3) is 0.119. The van der Waals surface area contributed by atoms with Gasteiger partial charge in [-0.2, -0.15) is 0 Å². The molecule has 0 amide bonds. The van der Waals surface area contributed by atoms with E-state index < -0.39 is 0 Å². The van der Waals surface area contributed by atoms with Gasteiger partial charge in [-0.15, -0.1) is 0 Å². The number of benzene rings is 8. The summed E-state index contributed by atoms with van der Waals surface area (Å²) in [7, 11) is 2.11. The molecule has 2 nitrogen and oxygen atoms in total. The summed E-state index contributed by atoms with van der Waals surface area (Å²) in [5.41, 5.74) is 17.8. The summed E-state index contributed by atoms with van der Waals surface area (Å²) >= 11 is 0. The van der Waals surface area contributed by atoms with Gasteiger partial charge in [0.15, 0.2) is 0 Å². The van der Waals surface area contributed by atoms with Crippen LogP contribution in [0, 0.1) is 27.7 Å². The lowest BCUT2D eigenvalue weighted by atomic mass is 9.73. The number of anilines is 3. The zero-order chi connectivity index (χ0) is 42.5. The molecule has 1 atom stereocenters. The van der Waals surface area contributed by atoms with Crippen LogP contribution in [0.2, 0.25) is 0 Å². The van der Waals surface area contributed by atoms with Crippen molar-refractivity contribution in [2.24, 2.45) is 7.05 Å². The van der Waals surface area contributed by atoms with Crippen LogP contribution in [-0.4, -0.2) is 4.57 Å². The third kappa shape index (κ3) is 7.74. The first-order valence-corrected chi connectivity index (χ1v) is 21.2. The molecule has 300 valence electrons. The van der Waals surface area contributed by atoms with Crippen molar-refractivity contribution in [1.82, 2.24) is 4.57 Å². The molecule has 1 heterocycles. The van der Waals surface area contributed by atoms with Gasteiger partial charge in [-0.25, -0.2) is 0 Å². The Balaban J connectivity index is 0.000000183. The van der Waals surface area contributed by atoms with Crippen LogP contribution in [0.25, 0.3) is 38.9 Å². The Labute approximate surface area is 362 Å². The van der Waals surface area contributed by atoms with E-state index in [0.717, 1.165) is 11.4 Å². The summed E-state index contributed by atoms with van der Waals surface area (Å²) in [6.07, 6.45) is 5.95. The topological polar surface area (TPSA) is 8.17 Å². The minimum atomic E-state index is -0.268. The predicted molar refractivity (Wildman–Crippen MR) is 264 cm³/mol. The van der Waals surface area contributed by atoms with Crippen LogP contribution >= 0.6 is 0 Å². The molecule has 1 aliphatic carbocycles. The van der Waals surface area contributed by atoms with Crippen LogP contribution in [0.3, 0.4) is 0 Å². The third-order valence-corrected chi connectivity index (χ3v) is 12.3. The lowest BCUT2D eigenvalue weighted by Gasteiger charge is -2.32.